The van der Waals surface area contributed by atoms with E-state index in [4.69, 9.17) is 9.26 Å². The number of nitrogens with zero attached hydrogens (tertiary/aromatic N) is 3. The van der Waals surface area contributed by atoms with E-state index in [0.717, 1.165) is 30.2 Å². The predicted molar refractivity (Wildman–Crippen MR) is 92.1 cm³/mol. The highest BCUT2D eigenvalue weighted by molar-refractivity contribution is 5.77. The molecule has 1 aromatic heterocycles. The average molecular weight is 341 g/mol. The van der Waals surface area contributed by atoms with Gasteiger partial charge in [0.25, 0.3) is 0 Å². The van der Waals surface area contributed by atoms with Crippen LogP contribution in [0.25, 0.3) is 11.4 Å². The lowest BCUT2D eigenvalue weighted by Crippen LogP contribution is -2.37. The second-order valence-corrected chi connectivity index (χ2v) is 6.98. The minimum atomic E-state index is 0.278. The molecule has 1 saturated carbocycles. The highest BCUT2D eigenvalue weighted by Crippen LogP contribution is 2.37. The van der Waals surface area contributed by atoms with E-state index in [1.807, 2.05) is 24.3 Å². The number of aromatic nitrogens is 2. The average Bonchev–Trinajstić information content (AvgIpc) is 3.38. The van der Waals surface area contributed by atoms with Crippen LogP contribution >= 0.6 is 0 Å². The predicted octanol–water partition coefficient (Wildman–Crippen LogP) is 3.08. The van der Waals surface area contributed by atoms with Gasteiger partial charge in [0, 0.05) is 31.0 Å². The Balaban J connectivity index is 1.30. The normalized spacial score (nSPS) is 21.7. The molecule has 25 heavy (non-hydrogen) atoms. The van der Waals surface area contributed by atoms with Crippen LogP contribution in [-0.2, 0) is 11.2 Å². The number of piperidine rings is 1. The molecule has 1 amide bonds. The topological polar surface area (TPSA) is 68.5 Å². The van der Waals surface area contributed by atoms with Crippen molar-refractivity contribution in [3.05, 3.63) is 30.2 Å². The molecular formula is C19H23N3O3. The van der Waals surface area contributed by atoms with Crippen LogP contribution in [0.4, 0.5) is 0 Å². The molecule has 0 N–H and O–H groups in total. The monoisotopic (exact) mass is 341 g/mol. The maximum atomic E-state index is 12.4. The van der Waals surface area contributed by atoms with Gasteiger partial charge in [0.05, 0.1) is 7.11 Å². The molecule has 2 aromatic rings. The van der Waals surface area contributed by atoms with Gasteiger partial charge in [0.1, 0.15) is 5.75 Å². The van der Waals surface area contributed by atoms with E-state index in [0.29, 0.717) is 30.6 Å². The van der Waals surface area contributed by atoms with Crippen molar-refractivity contribution >= 4 is 5.91 Å². The number of carbonyl (C=O) groups excluding carboxylic acids is 1. The molecule has 2 aliphatic rings. The minimum absolute atomic E-state index is 0.278. The summed E-state index contributed by atoms with van der Waals surface area (Å²) in [5.41, 5.74) is 0.860. The Bertz CT molecular complexity index is 758. The molecule has 1 saturated heterocycles. The van der Waals surface area contributed by atoms with E-state index in [1.54, 1.807) is 7.11 Å². The maximum Gasteiger partial charge on any atom is 0.226 e. The smallest absolute Gasteiger partial charge is 0.226 e. The Morgan fingerprint density at radius 2 is 2.32 bits per heavy atom. The van der Waals surface area contributed by atoms with E-state index < -0.39 is 0 Å². The van der Waals surface area contributed by atoms with Gasteiger partial charge in [0.2, 0.25) is 17.6 Å². The van der Waals surface area contributed by atoms with E-state index in [2.05, 4.69) is 15.0 Å². The molecule has 1 aromatic carbocycles. The summed E-state index contributed by atoms with van der Waals surface area (Å²) in [5.74, 6) is 2.91. The molecule has 0 radical (unpaired) electrons. The van der Waals surface area contributed by atoms with Gasteiger partial charge in [0.15, 0.2) is 0 Å². The summed E-state index contributed by atoms with van der Waals surface area (Å²) in [6.07, 6.45) is 5.62. The highest BCUT2D eigenvalue weighted by Gasteiger charge is 2.39. The summed E-state index contributed by atoms with van der Waals surface area (Å²) in [4.78, 5) is 18.9. The lowest BCUT2D eigenvalue weighted by Gasteiger charge is -2.26. The standard InChI is InChI=1S/C19H23N3O3/c1-24-16-5-2-4-14(11-16)19-20-17(25-21-19)6-3-7-18(23)22-12-13-8-9-15(22)10-13/h2,4-5,11,13,15H,3,6-10,12H2,1H3/t13-,15-/m1/s1. The zero-order chi connectivity index (χ0) is 17.2. The fourth-order valence-corrected chi connectivity index (χ4v) is 4.00. The van der Waals surface area contributed by atoms with Gasteiger partial charge in [-0.1, -0.05) is 17.3 Å². The van der Waals surface area contributed by atoms with Gasteiger partial charge in [-0.05, 0) is 43.7 Å². The summed E-state index contributed by atoms with van der Waals surface area (Å²) in [7, 11) is 1.63. The van der Waals surface area contributed by atoms with Crippen molar-refractivity contribution < 1.29 is 14.1 Å². The quantitative estimate of drug-likeness (QED) is 0.808. The second kappa shape index (κ2) is 6.86. The van der Waals surface area contributed by atoms with Crippen molar-refractivity contribution in [2.24, 2.45) is 5.92 Å². The third-order valence-electron chi connectivity index (χ3n) is 5.31. The number of likely N-dealkylation sites (tertiary alicyclic amines) is 1. The van der Waals surface area contributed by atoms with Crippen molar-refractivity contribution in [2.75, 3.05) is 13.7 Å². The minimum Gasteiger partial charge on any atom is -0.497 e. The molecule has 6 heteroatoms. The largest absolute Gasteiger partial charge is 0.497 e. The molecular weight excluding hydrogens is 318 g/mol. The molecule has 2 fully saturated rings. The van der Waals surface area contributed by atoms with Crippen molar-refractivity contribution in [3.63, 3.8) is 0 Å². The number of benzene rings is 1. The van der Waals surface area contributed by atoms with Crippen molar-refractivity contribution in [2.45, 2.75) is 44.6 Å². The number of hydrogen-bond acceptors (Lipinski definition) is 5. The van der Waals surface area contributed by atoms with Crippen molar-refractivity contribution in [1.82, 2.24) is 15.0 Å². The van der Waals surface area contributed by atoms with E-state index in [1.165, 1.54) is 19.3 Å². The first-order chi connectivity index (χ1) is 12.2. The van der Waals surface area contributed by atoms with Crippen LogP contribution in [0.3, 0.4) is 0 Å². The summed E-state index contributed by atoms with van der Waals surface area (Å²) in [6.45, 7) is 0.962. The lowest BCUT2D eigenvalue weighted by atomic mass is 10.1. The molecule has 1 aliphatic heterocycles. The zero-order valence-electron chi connectivity index (χ0n) is 14.5. The Morgan fingerprint density at radius 3 is 3.08 bits per heavy atom. The first-order valence-electron chi connectivity index (χ1n) is 8.99. The molecule has 0 unspecified atom stereocenters. The fraction of sp³-hybridized carbons (Fsp3) is 0.526. The van der Waals surface area contributed by atoms with Crippen LogP contribution in [0.2, 0.25) is 0 Å². The van der Waals surface area contributed by atoms with Gasteiger partial charge in [-0.2, -0.15) is 4.98 Å². The summed E-state index contributed by atoms with van der Waals surface area (Å²) in [6, 6.07) is 8.07. The number of methoxy groups -OCH3 is 1. The number of rotatable bonds is 6. The van der Waals surface area contributed by atoms with Gasteiger partial charge >= 0.3 is 0 Å². The first-order valence-corrected chi connectivity index (χ1v) is 8.99. The Hall–Kier alpha value is -2.37. The van der Waals surface area contributed by atoms with E-state index in [9.17, 15) is 4.79 Å². The SMILES string of the molecule is COc1cccc(-c2noc(CCCC(=O)N3C[C@@H]4CC[C@@H]3C4)n2)c1. The Morgan fingerprint density at radius 1 is 1.40 bits per heavy atom. The van der Waals surface area contributed by atoms with Gasteiger partial charge in [-0.25, -0.2) is 0 Å². The third-order valence-corrected chi connectivity index (χ3v) is 5.31. The number of amides is 1. The van der Waals surface area contributed by atoms with Crippen LogP contribution in [0.15, 0.2) is 28.8 Å². The first kappa shape index (κ1) is 16.1. The van der Waals surface area contributed by atoms with Crippen molar-refractivity contribution in [3.8, 4) is 17.1 Å². The second-order valence-electron chi connectivity index (χ2n) is 6.98. The van der Waals surface area contributed by atoms with Gasteiger partial charge in [-0.15, -0.1) is 0 Å². The zero-order valence-corrected chi connectivity index (χ0v) is 14.5. The summed E-state index contributed by atoms with van der Waals surface area (Å²) >= 11 is 0. The highest BCUT2D eigenvalue weighted by atomic mass is 16.5. The van der Waals surface area contributed by atoms with Crippen LogP contribution in [-0.4, -0.2) is 40.6 Å². The molecule has 0 spiro atoms. The van der Waals surface area contributed by atoms with E-state index >= 15 is 0 Å². The molecule has 132 valence electrons. The molecule has 4 rings (SSSR count). The lowest BCUT2D eigenvalue weighted by molar-refractivity contribution is -0.132. The summed E-state index contributed by atoms with van der Waals surface area (Å²) < 4.78 is 10.5. The molecule has 2 atom stereocenters. The fourth-order valence-electron chi connectivity index (χ4n) is 4.00. The maximum absolute atomic E-state index is 12.4. The number of fused-ring (bicyclic) bond motifs is 2. The van der Waals surface area contributed by atoms with Crippen LogP contribution in [0.5, 0.6) is 5.75 Å². The Kier molecular flexibility index (Phi) is 4.42. The Labute approximate surface area is 147 Å². The van der Waals surface area contributed by atoms with Crippen LogP contribution in [0, 0.1) is 5.92 Å². The molecule has 1 aliphatic carbocycles. The summed E-state index contributed by atoms with van der Waals surface area (Å²) in [5, 5.41) is 4.03. The number of ether oxygens (including phenoxy) is 1. The van der Waals surface area contributed by atoms with E-state index in [-0.39, 0.29) is 5.91 Å². The van der Waals surface area contributed by atoms with Crippen LogP contribution < -0.4 is 4.74 Å². The van der Waals surface area contributed by atoms with Crippen molar-refractivity contribution in [1.29, 1.82) is 0 Å². The number of hydrogen-bond donors (Lipinski definition) is 0. The molecule has 2 heterocycles. The molecule has 2 bridgehead atoms. The number of aryl methyl sites for hydroxylation is 1. The molecule has 6 nitrogen and oxygen atoms in total. The van der Waals surface area contributed by atoms with Crippen LogP contribution in [0.1, 0.15) is 38.0 Å². The third kappa shape index (κ3) is 3.38. The van der Waals surface area contributed by atoms with Gasteiger partial charge in [-0.3, -0.25) is 4.79 Å². The number of carbonyl (C=O) groups is 1. The van der Waals surface area contributed by atoms with Gasteiger partial charge < -0.3 is 14.2 Å².